The largest absolute Gasteiger partial charge is 0.375 e. The molecule has 1 saturated heterocycles. The zero-order valence-corrected chi connectivity index (χ0v) is 18.7. The van der Waals surface area contributed by atoms with Crippen LogP contribution in [0.25, 0.3) is 0 Å². The summed E-state index contributed by atoms with van der Waals surface area (Å²) in [7, 11) is 0. The van der Waals surface area contributed by atoms with Crippen molar-refractivity contribution in [1.82, 2.24) is 0 Å². The van der Waals surface area contributed by atoms with Crippen LogP contribution < -0.4 is 10.2 Å². The van der Waals surface area contributed by atoms with Gasteiger partial charge < -0.3 is 15.0 Å². The van der Waals surface area contributed by atoms with E-state index in [1.54, 1.807) is 0 Å². The van der Waals surface area contributed by atoms with Crippen molar-refractivity contribution < 1.29 is 4.74 Å². The molecule has 1 atom stereocenters. The van der Waals surface area contributed by atoms with Gasteiger partial charge in [-0.1, -0.05) is 30.3 Å². The number of nitrogens with zero attached hydrogens (tertiary/aromatic N) is 2. The average molecular weight is 408 g/mol. The van der Waals surface area contributed by atoms with Gasteiger partial charge in [-0.15, -0.1) is 0 Å². The highest BCUT2D eigenvalue weighted by Gasteiger charge is 2.53. The molecule has 2 heterocycles. The Morgan fingerprint density at radius 3 is 2.41 bits per heavy atom. The van der Waals surface area contributed by atoms with E-state index in [4.69, 9.17) is 21.9 Å². The number of nitrogens with one attached hydrogen (secondary N) is 1. The second kappa shape index (κ2) is 7.22. The van der Waals surface area contributed by atoms with Crippen LogP contribution in [0, 0.1) is 20.8 Å². The molecule has 0 radical (unpaired) electrons. The lowest BCUT2D eigenvalue weighted by Crippen LogP contribution is -2.60. The van der Waals surface area contributed by atoms with E-state index >= 15 is 0 Å². The SMILES string of the molecule is Cc1cccc(N2C(=S)N=C(Nc3c(C)cccc3C)[C@]23CCOC(C)(C)C3)c1. The van der Waals surface area contributed by atoms with Crippen LogP contribution in [0.3, 0.4) is 0 Å². The maximum Gasteiger partial charge on any atom is 0.202 e. The minimum atomic E-state index is -0.346. The molecule has 29 heavy (non-hydrogen) atoms. The van der Waals surface area contributed by atoms with Gasteiger partial charge >= 0.3 is 0 Å². The van der Waals surface area contributed by atoms with Crippen LogP contribution in [0.2, 0.25) is 0 Å². The number of hydrogen-bond acceptors (Lipinski definition) is 3. The molecule has 2 aromatic carbocycles. The third-order valence-electron chi connectivity index (χ3n) is 5.98. The number of benzene rings is 2. The van der Waals surface area contributed by atoms with Gasteiger partial charge in [-0.05, 0) is 75.7 Å². The summed E-state index contributed by atoms with van der Waals surface area (Å²) in [6.07, 6.45) is 1.64. The summed E-state index contributed by atoms with van der Waals surface area (Å²) in [6.45, 7) is 11.3. The normalized spacial score (nSPS) is 23.4. The number of ether oxygens (including phenoxy) is 1. The van der Waals surface area contributed by atoms with Crippen LogP contribution in [0.1, 0.15) is 43.4 Å². The molecule has 0 amide bonds. The predicted octanol–water partition coefficient (Wildman–Crippen LogP) is 5.56. The van der Waals surface area contributed by atoms with Crippen molar-refractivity contribution >= 4 is 34.5 Å². The van der Waals surface area contributed by atoms with Crippen LogP contribution in [-0.2, 0) is 4.74 Å². The number of thiocarbonyl (C=S) groups is 1. The maximum absolute atomic E-state index is 6.09. The van der Waals surface area contributed by atoms with Gasteiger partial charge in [0.25, 0.3) is 0 Å². The number of anilines is 2. The standard InChI is InChI=1S/C24H29N3OS/c1-16-8-6-11-19(14-16)27-22(29)26-21(24(27)12-13-28-23(4,5)15-24)25-20-17(2)9-7-10-18(20)3/h6-11,14H,12-13,15H2,1-5H3,(H,25,26,29)/t24-/m1/s1. The van der Waals surface area contributed by atoms with E-state index < -0.39 is 0 Å². The van der Waals surface area contributed by atoms with Gasteiger partial charge in [0.1, 0.15) is 11.4 Å². The van der Waals surface area contributed by atoms with Crippen LogP contribution in [0.15, 0.2) is 47.5 Å². The Balaban J connectivity index is 1.82. The van der Waals surface area contributed by atoms with Crippen LogP contribution >= 0.6 is 12.2 Å². The first-order chi connectivity index (χ1) is 13.7. The minimum Gasteiger partial charge on any atom is -0.375 e. The molecule has 2 aliphatic rings. The molecule has 5 heteroatoms. The number of hydrogen-bond donors (Lipinski definition) is 1. The van der Waals surface area contributed by atoms with Crippen molar-refractivity contribution in [2.45, 2.75) is 58.6 Å². The van der Waals surface area contributed by atoms with Gasteiger partial charge in [-0.25, -0.2) is 4.99 Å². The number of rotatable bonds is 2. The molecule has 2 aliphatic heterocycles. The molecular weight excluding hydrogens is 378 g/mol. The lowest BCUT2D eigenvalue weighted by molar-refractivity contribution is -0.0661. The van der Waals surface area contributed by atoms with E-state index in [1.807, 2.05) is 0 Å². The van der Waals surface area contributed by atoms with E-state index in [2.05, 4.69) is 87.3 Å². The van der Waals surface area contributed by atoms with Crippen LogP contribution in [0.5, 0.6) is 0 Å². The summed E-state index contributed by atoms with van der Waals surface area (Å²) >= 11 is 5.81. The first-order valence-electron chi connectivity index (χ1n) is 10.2. The van der Waals surface area contributed by atoms with Crippen molar-refractivity contribution in [3.63, 3.8) is 0 Å². The van der Waals surface area contributed by atoms with E-state index in [0.717, 1.165) is 30.1 Å². The molecule has 2 aromatic rings. The highest BCUT2D eigenvalue weighted by Crippen LogP contribution is 2.44. The highest BCUT2D eigenvalue weighted by molar-refractivity contribution is 7.80. The third kappa shape index (κ3) is 3.58. The Hall–Kier alpha value is -2.24. The summed E-state index contributed by atoms with van der Waals surface area (Å²) < 4.78 is 6.09. The maximum atomic E-state index is 6.09. The van der Waals surface area contributed by atoms with E-state index in [9.17, 15) is 0 Å². The van der Waals surface area contributed by atoms with Gasteiger partial charge in [0.2, 0.25) is 5.11 Å². The van der Waals surface area contributed by atoms with Gasteiger partial charge in [0, 0.05) is 30.8 Å². The number of aliphatic imine (C=N–C) groups is 1. The molecule has 1 N–H and O–H groups in total. The van der Waals surface area contributed by atoms with E-state index in [1.165, 1.54) is 16.7 Å². The topological polar surface area (TPSA) is 36.9 Å². The molecule has 0 unspecified atom stereocenters. The van der Waals surface area contributed by atoms with Gasteiger partial charge in [-0.3, -0.25) is 0 Å². The fourth-order valence-electron chi connectivity index (χ4n) is 4.67. The summed E-state index contributed by atoms with van der Waals surface area (Å²) in [5.74, 6) is 0.929. The fraction of sp³-hybridized carbons (Fsp3) is 0.417. The lowest BCUT2D eigenvalue weighted by atomic mass is 9.79. The molecule has 152 valence electrons. The molecule has 0 aromatic heterocycles. The van der Waals surface area contributed by atoms with E-state index in [0.29, 0.717) is 11.7 Å². The quantitative estimate of drug-likeness (QED) is 0.662. The van der Waals surface area contributed by atoms with Crippen molar-refractivity contribution in [3.05, 3.63) is 59.2 Å². The minimum absolute atomic E-state index is 0.260. The van der Waals surface area contributed by atoms with Gasteiger partial charge in [0.15, 0.2) is 0 Å². The molecule has 4 rings (SSSR count). The van der Waals surface area contributed by atoms with Gasteiger partial charge in [-0.2, -0.15) is 0 Å². The second-order valence-corrected chi connectivity index (χ2v) is 9.24. The number of amidine groups is 1. The molecule has 0 bridgehead atoms. The Morgan fingerprint density at radius 1 is 1.07 bits per heavy atom. The van der Waals surface area contributed by atoms with Crippen LogP contribution in [0.4, 0.5) is 11.4 Å². The average Bonchev–Trinajstić information content (AvgIpc) is 2.87. The van der Waals surface area contributed by atoms with Crippen molar-refractivity contribution in [3.8, 4) is 0 Å². The first kappa shape index (κ1) is 20.0. The Bertz CT molecular complexity index is 977. The molecule has 1 spiro atoms. The lowest BCUT2D eigenvalue weighted by Gasteiger charge is -2.48. The molecule has 1 fully saturated rings. The monoisotopic (exact) mass is 407 g/mol. The van der Waals surface area contributed by atoms with Crippen LogP contribution in [-0.4, -0.2) is 28.7 Å². The summed E-state index contributed by atoms with van der Waals surface area (Å²) in [5.41, 5.74) is 5.22. The summed E-state index contributed by atoms with van der Waals surface area (Å²) in [6, 6.07) is 14.9. The molecular formula is C24H29N3OS. The number of para-hydroxylation sites is 1. The molecule has 0 saturated carbocycles. The molecule has 4 nitrogen and oxygen atoms in total. The van der Waals surface area contributed by atoms with Crippen molar-refractivity contribution in [2.24, 2.45) is 4.99 Å². The van der Waals surface area contributed by atoms with Crippen molar-refractivity contribution in [2.75, 3.05) is 16.8 Å². The highest BCUT2D eigenvalue weighted by atomic mass is 32.1. The molecule has 0 aliphatic carbocycles. The fourth-order valence-corrected chi connectivity index (χ4v) is 5.04. The predicted molar refractivity (Wildman–Crippen MR) is 125 cm³/mol. The van der Waals surface area contributed by atoms with Crippen molar-refractivity contribution in [1.29, 1.82) is 0 Å². The van der Waals surface area contributed by atoms with Gasteiger partial charge in [0.05, 0.1) is 5.60 Å². The smallest absolute Gasteiger partial charge is 0.202 e. The third-order valence-corrected chi connectivity index (χ3v) is 6.25. The first-order valence-corrected chi connectivity index (χ1v) is 10.6. The second-order valence-electron chi connectivity index (χ2n) is 8.88. The number of aryl methyl sites for hydroxylation is 3. The summed E-state index contributed by atoms with van der Waals surface area (Å²) in [5, 5.41) is 4.30. The summed E-state index contributed by atoms with van der Waals surface area (Å²) in [4.78, 5) is 7.15. The Morgan fingerprint density at radius 2 is 1.76 bits per heavy atom. The Kier molecular flexibility index (Phi) is 4.99. The zero-order valence-electron chi connectivity index (χ0n) is 17.9. The Labute approximate surface area is 179 Å². The van der Waals surface area contributed by atoms with E-state index in [-0.39, 0.29) is 11.1 Å². The zero-order chi connectivity index (χ0) is 20.8.